The second-order valence-corrected chi connectivity index (χ2v) is 3.75. The lowest BCUT2D eigenvalue weighted by atomic mass is 10.3. The highest BCUT2D eigenvalue weighted by molar-refractivity contribution is 5.66. The van der Waals surface area contributed by atoms with Gasteiger partial charge in [-0.3, -0.25) is 4.79 Å². The van der Waals surface area contributed by atoms with E-state index in [1.165, 1.54) is 0 Å². The molecule has 2 N–H and O–H groups in total. The highest BCUT2D eigenvalue weighted by Gasteiger charge is 1.95. The number of unbranched alkanes of at least 4 members (excludes halogenated alkanes) is 1. The molecule has 0 amide bonds. The molecule has 16 heavy (non-hydrogen) atoms. The molecular weight excluding hydrogens is 206 g/mol. The van der Waals surface area contributed by atoms with Crippen LogP contribution in [0.1, 0.15) is 25.7 Å². The molecule has 0 radical (unpaired) electrons. The summed E-state index contributed by atoms with van der Waals surface area (Å²) in [6.07, 6.45) is 8.73. The first-order chi connectivity index (χ1) is 7.79. The minimum Gasteiger partial charge on any atom is -0.481 e. The van der Waals surface area contributed by atoms with Crippen LogP contribution in [0.4, 0.5) is 0 Å². The standard InChI is InChI=1S/C11H19N3O2/c15-11(16)4-3-6-12-5-1-2-8-14-9-7-13-10-14/h7,9-10,12H,1-6,8H2,(H,15,16). The van der Waals surface area contributed by atoms with Crippen molar-refractivity contribution in [1.82, 2.24) is 14.9 Å². The average Bonchev–Trinajstić information content (AvgIpc) is 2.74. The van der Waals surface area contributed by atoms with Crippen molar-refractivity contribution in [2.75, 3.05) is 13.1 Å². The van der Waals surface area contributed by atoms with Gasteiger partial charge < -0.3 is 15.0 Å². The van der Waals surface area contributed by atoms with E-state index in [4.69, 9.17) is 5.11 Å². The molecule has 0 saturated carbocycles. The van der Waals surface area contributed by atoms with E-state index in [0.29, 0.717) is 6.42 Å². The molecule has 0 spiro atoms. The number of aromatic nitrogens is 2. The highest BCUT2D eigenvalue weighted by Crippen LogP contribution is 1.94. The summed E-state index contributed by atoms with van der Waals surface area (Å²) >= 11 is 0. The molecule has 1 aromatic heterocycles. The Hall–Kier alpha value is -1.36. The molecule has 1 aromatic rings. The summed E-state index contributed by atoms with van der Waals surface area (Å²) < 4.78 is 2.06. The second-order valence-electron chi connectivity index (χ2n) is 3.75. The number of hydrogen-bond donors (Lipinski definition) is 2. The average molecular weight is 225 g/mol. The van der Waals surface area contributed by atoms with Crippen molar-refractivity contribution >= 4 is 5.97 Å². The van der Waals surface area contributed by atoms with Crippen molar-refractivity contribution < 1.29 is 9.90 Å². The lowest BCUT2D eigenvalue weighted by Gasteiger charge is -2.04. The number of nitrogens with zero attached hydrogens (tertiary/aromatic N) is 2. The summed E-state index contributed by atoms with van der Waals surface area (Å²) in [5.74, 6) is -0.720. The van der Waals surface area contributed by atoms with Crippen molar-refractivity contribution in [3.05, 3.63) is 18.7 Å². The number of aliphatic carboxylic acids is 1. The Kier molecular flexibility index (Phi) is 6.25. The van der Waals surface area contributed by atoms with Crippen LogP contribution in [-0.2, 0) is 11.3 Å². The highest BCUT2D eigenvalue weighted by atomic mass is 16.4. The molecule has 90 valence electrons. The fourth-order valence-corrected chi connectivity index (χ4v) is 1.45. The van der Waals surface area contributed by atoms with Crippen LogP contribution < -0.4 is 5.32 Å². The van der Waals surface area contributed by atoms with E-state index >= 15 is 0 Å². The molecule has 0 bridgehead atoms. The molecule has 0 aromatic carbocycles. The quantitative estimate of drug-likeness (QED) is 0.618. The van der Waals surface area contributed by atoms with E-state index in [1.54, 1.807) is 6.20 Å². The number of aryl methyl sites for hydroxylation is 1. The first kappa shape index (κ1) is 12.7. The van der Waals surface area contributed by atoms with Gasteiger partial charge in [-0.25, -0.2) is 4.98 Å². The van der Waals surface area contributed by atoms with Crippen LogP contribution in [0.5, 0.6) is 0 Å². The Morgan fingerprint density at radius 2 is 2.12 bits per heavy atom. The maximum atomic E-state index is 10.2. The maximum absolute atomic E-state index is 10.2. The topological polar surface area (TPSA) is 67.2 Å². The monoisotopic (exact) mass is 225 g/mol. The van der Waals surface area contributed by atoms with E-state index < -0.39 is 5.97 Å². The van der Waals surface area contributed by atoms with Gasteiger partial charge in [-0.15, -0.1) is 0 Å². The summed E-state index contributed by atoms with van der Waals surface area (Å²) in [6.45, 7) is 2.74. The molecule has 1 rings (SSSR count). The lowest BCUT2D eigenvalue weighted by Crippen LogP contribution is -2.17. The molecule has 0 atom stereocenters. The van der Waals surface area contributed by atoms with Gasteiger partial charge in [0.1, 0.15) is 0 Å². The van der Waals surface area contributed by atoms with Gasteiger partial charge in [0.05, 0.1) is 6.33 Å². The summed E-state index contributed by atoms with van der Waals surface area (Å²) in [4.78, 5) is 14.2. The number of nitrogens with one attached hydrogen (secondary N) is 1. The van der Waals surface area contributed by atoms with Crippen LogP contribution in [0.15, 0.2) is 18.7 Å². The van der Waals surface area contributed by atoms with E-state index in [9.17, 15) is 4.79 Å². The van der Waals surface area contributed by atoms with Gasteiger partial charge in [0, 0.05) is 25.4 Å². The summed E-state index contributed by atoms with van der Waals surface area (Å²) in [6, 6.07) is 0. The molecule has 0 aliphatic heterocycles. The normalized spacial score (nSPS) is 10.5. The number of imidazole rings is 1. The fourth-order valence-electron chi connectivity index (χ4n) is 1.45. The smallest absolute Gasteiger partial charge is 0.303 e. The van der Waals surface area contributed by atoms with Gasteiger partial charge in [0.25, 0.3) is 0 Å². The molecule has 0 fully saturated rings. The number of rotatable bonds is 9. The molecule has 5 heteroatoms. The van der Waals surface area contributed by atoms with Crippen LogP contribution in [-0.4, -0.2) is 33.7 Å². The van der Waals surface area contributed by atoms with Crippen molar-refractivity contribution in [3.63, 3.8) is 0 Å². The third-order valence-electron chi connectivity index (χ3n) is 2.32. The molecule has 0 aliphatic carbocycles. The second kappa shape index (κ2) is 7.87. The first-order valence-corrected chi connectivity index (χ1v) is 5.67. The fraction of sp³-hybridized carbons (Fsp3) is 0.636. The van der Waals surface area contributed by atoms with Crippen LogP contribution in [0.2, 0.25) is 0 Å². The van der Waals surface area contributed by atoms with E-state index in [1.807, 2.05) is 12.5 Å². The summed E-state index contributed by atoms with van der Waals surface area (Å²) in [5.41, 5.74) is 0. The van der Waals surface area contributed by atoms with Crippen LogP contribution in [0, 0.1) is 0 Å². The zero-order valence-corrected chi connectivity index (χ0v) is 9.43. The van der Waals surface area contributed by atoms with Gasteiger partial charge >= 0.3 is 5.97 Å². The van der Waals surface area contributed by atoms with Crippen LogP contribution in [0.25, 0.3) is 0 Å². The Labute approximate surface area is 95.5 Å². The number of carbonyl (C=O) groups is 1. The molecule has 0 saturated heterocycles. The van der Waals surface area contributed by atoms with Crippen LogP contribution in [0.3, 0.4) is 0 Å². The molecular formula is C11H19N3O2. The zero-order chi connectivity index (χ0) is 11.6. The van der Waals surface area contributed by atoms with E-state index in [2.05, 4.69) is 14.9 Å². The Morgan fingerprint density at radius 3 is 2.81 bits per heavy atom. The van der Waals surface area contributed by atoms with Crippen LogP contribution >= 0.6 is 0 Å². The third-order valence-corrected chi connectivity index (χ3v) is 2.32. The van der Waals surface area contributed by atoms with Crippen molar-refractivity contribution in [2.45, 2.75) is 32.2 Å². The van der Waals surface area contributed by atoms with Gasteiger partial charge in [0.15, 0.2) is 0 Å². The van der Waals surface area contributed by atoms with Crippen molar-refractivity contribution in [3.8, 4) is 0 Å². The molecule has 1 heterocycles. The Bertz CT molecular complexity index is 285. The minimum absolute atomic E-state index is 0.252. The zero-order valence-electron chi connectivity index (χ0n) is 9.43. The molecule has 5 nitrogen and oxygen atoms in total. The summed E-state index contributed by atoms with van der Waals surface area (Å²) in [5, 5.41) is 11.7. The first-order valence-electron chi connectivity index (χ1n) is 5.67. The van der Waals surface area contributed by atoms with Gasteiger partial charge in [-0.05, 0) is 32.4 Å². The molecule has 0 unspecified atom stereocenters. The lowest BCUT2D eigenvalue weighted by molar-refractivity contribution is -0.137. The SMILES string of the molecule is O=C(O)CCCNCCCCn1ccnc1. The van der Waals surface area contributed by atoms with Gasteiger partial charge in [-0.1, -0.05) is 0 Å². The van der Waals surface area contributed by atoms with Crippen molar-refractivity contribution in [2.24, 2.45) is 0 Å². The predicted octanol–water partition coefficient (Wildman–Crippen LogP) is 1.12. The number of hydrogen-bond acceptors (Lipinski definition) is 3. The van der Waals surface area contributed by atoms with E-state index in [-0.39, 0.29) is 6.42 Å². The summed E-state index contributed by atoms with van der Waals surface area (Å²) in [7, 11) is 0. The van der Waals surface area contributed by atoms with Crippen molar-refractivity contribution in [1.29, 1.82) is 0 Å². The Balaban J connectivity index is 1.83. The maximum Gasteiger partial charge on any atom is 0.303 e. The predicted molar refractivity (Wildman–Crippen MR) is 61.2 cm³/mol. The van der Waals surface area contributed by atoms with Gasteiger partial charge in [0.2, 0.25) is 0 Å². The number of carboxylic acid groups (broad SMARTS) is 1. The van der Waals surface area contributed by atoms with E-state index in [0.717, 1.165) is 32.5 Å². The van der Waals surface area contributed by atoms with Gasteiger partial charge in [-0.2, -0.15) is 0 Å². The number of carboxylic acids is 1. The third kappa shape index (κ3) is 6.19. The molecule has 0 aliphatic rings. The largest absolute Gasteiger partial charge is 0.481 e. The minimum atomic E-state index is -0.720. The Morgan fingerprint density at radius 1 is 1.31 bits per heavy atom.